The van der Waals surface area contributed by atoms with E-state index in [4.69, 9.17) is 11.6 Å². The Balaban J connectivity index is 2.05. The Morgan fingerprint density at radius 1 is 1.12 bits per heavy atom. The van der Waals surface area contributed by atoms with Crippen molar-refractivity contribution in [2.24, 2.45) is 0 Å². The lowest BCUT2D eigenvalue weighted by molar-refractivity contribution is -0.137. The summed E-state index contributed by atoms with van der Waals surface area (Å²) in [4.78, 5) is 12.0. The number of hydrogen-bond donors (Lipinski definition) is 2. The Morgan fingerprint density at radius 2 is 1.75 bits per heavy atom. The number of halogens is 4. The average Bonchev–Trinajstić information content (AvgIpc) is 2.49. The van der Waals surface area contributed by atoms with E-state index in [9.17, 15) is 18.0 Å². The zero-order valence-corrected chi connectivity index (χ0v) is 13.8. The summed E-state index contributed by atoms with van der Waals surface area (Å²) in [7, 11) is 0. The minimum absolute atomic E-state index is 0.160. The summed E-state index contributed by atoms with van der Waals surface area (Å²) in [5.41, 5.74) is 1.76. The van der Waals surface area contributed by atoms with Crippen LogP contribution >= 0.6 is 11.6 Å². The highest BCUT2D eigenvalue weighted by Gasteiger charge is 2.33. The Hall–Kier alpha value is -2.21. The monoisotopic (exact) mass is 356 g/mol. The molecule has 0 spiro atoms. The Bertz CT molecular complexity index is 740. The van der Waals surface area contributed by atoms with Crippen molar-refractivity contribution in [2.75, 3.05) is 17.2 Å². The molecule has 0 aliphatic rings. The van der Waals surface area contributed by atoms with Crippen molar-refractivity contribution >= 4 is 28.9 Å². The summed E-state index contributed by atoms with van der Waals surface area (Å²) in [5, 5.41) is 5.05. The predicted octanol–water partition coefficient (Wildman–Crippen LogP) is 5.03. The lowest BCUT2D eigenvalue weighted by atomic mass is 10.1. The number of benzene rings is 2. The van der Waals surface area contributed by atoms with Crippen LogP contribution in [0.3, 0.4) is 0 Å². The van der Waals surface area contributed by atoms with Gasteiger partial charge in [-0.1, -0.05) is 29.8 Å². The van der Waals surface area contributed by atoms with E-state index in [0.717, 1.165) is 23.3 Å². The molecule has 0 saturated heterocycles. The van der Waals surface area contributed by atoms with E-state index in [0.29, 0.717) is 5.69 Å². The first-order valence-corrected chi connectivity index (χ1v) is 7.53. The average molecular weight is 357 g/mol. The smallest absolute Gasteiger partial charge is 0.376 e. The molecule has 0 aromatic heterocycles. The molecule has 0 radical (unpaired) electrons. The third-order valence-electron chi connectivity index (χ3n) is 3.47. The van der Waals surface area contributed by atoms with Gasteiger partial charge in [0, 0.05) is 11.4 Å². The molecule has 0 atom stereocenters. The van der Waals surface area contributed by atoms with E-state index < -0.39 is 11.7 Å². The molecule has 128 valence electrons. The molecule has 2 aromatic carbocycles. The van der Waals surface area contributed by atoms with Gasteiger partial charge in [-0.2, -0.15) is 13.2 Å². The van der Waals surface area contributed by atoms with Crippen LogP contribution in [0.25, 0.3) is 0 Å². The first-order valence-electron chi connectivity index (χ1n) is 7.15. The number of para-hydroxylation sites is 1. The highest BCUT2D eigenvalue weighted by atomic mass is 35.5. The van der Waals surface area contributed by atoms with Gasteiger partial charge in [0.25, 0.3) is 0 Å². The van der Waals surface area contributed by atoms with Crippen LogP contribution in [-0.4, -0.2) is 12.5 Å². The van der Waals surface area contributed by atoms with Crippen molar-refractivity contribution in [1.29, 1.82) is 0 Å². The molecular formula is C17H16ClF3N2O. The van der Waals surface area contributed by atoms with E-state index in [1.165, 1.54) is 6.07 Å². The number of nitrogens with one attached hydrogen (secondary N) is 2. The van der Waals surface area contributed by atoms with Crippen LogP contribution in [0.2, 0.25) is 5.02 Å². The van der Waals surface area contributed by atoms with Crippen LogP contribution in [0.4, 0.5) is 24.5 Å². The minimum atomic E-state index is -4.55. The lowest BCUT2D eigenvalue weighted by Gasteiger charge is -2.14. The molecule has 24 heavy (non-hydrogen) atoms. The van der Waals surface area contributed by atoms with Gasteiger partial charge in [0.05, 0.1) is 17.1 Å². The first-order chi connectivity index (χ1) is 11.2. The van der Waals surface area contributed by atoms with Crippen molar-refractivity contribution in [2.45, 2.75) is 20.0 Å². The van der Waals surface area contributed by atoms with Crippen LogP contribution in [-0.2, 0) is 11.0 Å². The largest absolute Gasteiger partial charge is 0.417 e. The fraction of sp³-hybridized carbons (Fsp3) is 0.235. The number of carbonyl (C=O) groups excluding carboxylic acids is 1. The highest BCUT2D eigenvalue weighted by molar-refractivity contribution is 6.31. The number of carbonyl (C=O) groups is 1. The van der Waals surface area contributed by atoms with Crippen LogP contribution in [0.5, 0.6) is 0 Å². The van der Waals surface area contributed by atoms with Crippen LogP contribution in [0.1, 0.15) is 16.7 Å². The lowest BCUT2D eigenvalue weighted by Crippen LogP contribution is -2.22. The van der Waals surface area contributed by atoms with Crippen molar-refractivity contribution in [3.05, 3.63) is 58.1 Å². The van der Waals surface area contributed by atoms with Gasteiger partial charge >= 0.3 is 6.18 Å². The van der Waals surface area contributed by atoms with Crippen molar-refractivity contribution in [1.82, 2.24) is 0 Å². The summed E-state index contributed by atoms with van der Waals surface area (Å²) < 4.78 is 38.4. The second-order valence-electron chi connectivity index (χ2n) is 5.36. The van der Waals surface area contributed by atoms with Crippen molar-refractivity contribution in [3.63, 3.8) is 0 Å². The van der Waals surface area contributed by atoms with Gasteiger partial charge in [0.15, 0.2) is 0 Å². The van der Waals surface area contributed by atoms with E-state index in [2.05, 4.69) is 10.6 Å². The minimum Gasteiger partial charge on any atom is -0.376 e. The standard InChI is InChI=1S/C17H16ClF3N2O/c1-10-4-3-5-11(2)16(10)23-15(24)9-22-12-6-7-14(18)13(8-12)17(19,20)21/h3-8,22H,9H2,1-2H3,(H,23,24). The van der Waals surface area contributed by atoms with Gasteiger partial charge in [-0.3, -0.25) is 4.79 Å². The third-order valence-corrected chi connectivity index (χ3v) is 3.80. The maximum absolute atomic E-state index is 12.8. The molecule has 0 unspecified atom stereocenters. The molecule has 0 aliphatic carbocycles. The van der Waals surface area contributed by atoms with Gasteiger partial charge in [-0.15, -0.1) is 0 Å². The van der Waals surface area contributed by atoms with Gasteiger partial charge in [-0.25, -0.2) is 0 Å². The Morgan fingerprint density at radius 3 is 2.33 bits per heavy atom. The fourth-order valence-electron chi connectivity index (χ4n) is 2.23. The van der Waals surface area contributed by atoms with Crippen molar-refractivity contribution in [3.8, 4) is 0 Å². The topological polar surface area (TPSA) is 41.1 Å². The number of rotatable bonds is 4. The number of aryl methyl sites for hydroxylation is 2. The molecule has 2 N–H and O–H groups in total. The Labute approximate surface area is 142 Å². The number of alkyl halides is 3. The van der Waals surface area contributed by atoms with E-state index in [-0.39, 0.29) is 23.2 Å². The molecule has 1 amide bonds. The molecule has 0 bridgehead atoms. The first kappa shape index (κ1) is 18.1. The molecule has 0 fully saturated rings. The molecular weight excluding hydrogens is 341 g/mol. The number of amides is 1. The SMILES string of the molecule is Cc1cccc(C)c1NC(=O)CNc1ccc(Cl)c(C(F)(F)F)c1. The van der Waals surface area contributed by atoms with Gasteiger partial charge in [-0.05, 0) is 43.2 Å². The van der Waals surface area contributed by atoms with E-state index >= 15 is 0 Å². The number of hydrogen-bond acceptors (Lipinski definition) is 2. The molecule has 3 nitrogen and oxygen atoms in total. The second-order valence-corrected chi connectivity index (χ2v) is 5.77. The van der Waals surface area contributed by atoms with E-state index in [1.54, 1.807) is 0 Å². The zero-order chi connectivity index (χ0) is 17.9. The molecule has 0 saturated carbocycles. The molecule has 0 heterocycles. The summed E-state index contributed by atoms with van der Waals surface area (Å²) in [6, 6.07) is 9.04. The van der Waals surface area contributed by atoms with Gasteiger partial charge in [0.2, 0.25) is 5.91 Å². The quantitative estimate of drug-likeness (QED) is 0.807. The zero-order valence-electron chi connectivity index (χ0n) is 13.1. The maximum atomic E-state index is 12.8. The third kappa shape index (κ3) is 4.41. The molecule has 7 heteroatoms. The highest BCUT2D eigenvalue weighted by Crippen LogP contribution is 2.36. The predicted molar refractivity (Wildman–Crippen MR) is 89.5 cm³/mol. The molecule has 0 aliphatic heterocycles. The fourth-order valence-corrected chi connectivity index (χ4v) is 2.45. The normalized spacial score (nSPS) is 11.2. The Kier molecular flexibility index (Phi) is 5.39. The number of anilines is 2. The molecule has 2 aromatic rings. The van der Waals surface area contributed by atoms with Crippen LogP contribution in [0.15, 0.2) is 36.4 Å². The van der Waals surface area contributed by atoms with Gasteiger partial charge in [0.1, 0.15) is 0 Å². The summed E-state index contributed by atoms with van der Waals surface area (Å²) in [6.07, 6.45) is -4.55. The van der Waals surface area contributed by atoms with Crippen LogP contribution in [0, 0.1) is 13.8 Å². The van der Waals surface area contributed by atoms with Gasteiger partial charge < -0.3 is 10.6 Å². The summed E-state index contributed by atoms with van der Waals surface area (Å²) in [5.74, 6) is -0.351. The summed E-state index contributed by atoms with van der Waals surface area (Å²) in [6.45, 7) is 3.57. The molecule has 2 rings (SSSR count). The van der Waals surface area contributed by atoms with Crippen molar-refractivity contribution < 1.29 is 18.0 Å². The van der Waals surface area contributed by atoms with E-state index in [1.807, 2.05) is 32.0 Å². The maximum Gasteiger partial charge on any atom is 0.417 e. The second kappa shape index (κ2) is 7.13. The summed E-state index contributed by atoms with van der Waals surface area (Å²) >= 11 is 5.56. The van der Waals surface area contributed by atoms with Crippen LogP contribution < -0.4 is 10.6 Å².